The van der Waals surface area contributed by atoms with Crippen LogP contribution in [0, 0.1) is 0 Å². The second-order valence-electron chi connectivity index (χ2n) is 3.99. The molecule has 3 N–H and O–H groups in total. The summed E-state index contributed by atoms with van der Waals surface area (Å²) in [6.07, 6.45) is 1.99. The van der Waals surface area contributed by atoms with Crippen molar-refractivity contribution in [3.63, 3.8) is 0 Å². The van der Waals surface area contributed by atoms with Gasteiger partial charge in [-0.2, -0.15) is 0 Å². The zero-order chi connectivity index (χ0) is 11.1. The summed E-state index contributed by atoms with van der Waals surface area (Å²) in [4.78, 5) is 0. The number of nitrogens with two attached hydrogens (primary N) is 1. The van der Waals surface area contributed by atoms with E-state index in [-0.39, 0.29) is 0 Å². The zero-order valence-electron chi connectivity index (χ0n) is 8.79. The van der Waals surface area contributed by atoms with Crippen molar-refractivity contribution in [2.24, 2.45) is 5.73 Å². The molecule has 1 aliphatic rings. The van der Waals surface area contributed by atoms with Crippen LogP contribution in [0.3, 0.4) is 0 Å². The van der Waals surface area contributed by atoms with Crippen LogP contribution in [0.25, 0.3) is 0 Å². The highest BCUT2D eigenvalue weighted by molar-refractivity contribution is 6.30. The Bertz CT molecular complexity index is 395. The van der Waals surface area contributed by atoms with Crippen LogP contribution in [0.2, 0.25) is 5.02 Å². The van der Waals surface area contributed by atoms with Crippen LogP contribution in [-0.4, -0.2) is 5.66 Å². The molecule has 0 saturated heterocycles. The second kappa shape index (κ2) is 3.52. The largest absolute Gasteiger partial charge is 0.309 e. The summed E-state index contributed by atoms with van der Waals surface area (Å²) in [5.74, 6) is 0. The number of allylic oxidation sites excluding steroid dienone is 1. The Labute approximate surface area is 94.5 Å². The summed E-state index contributed by atoms with van der Waals surface area (Å²) in [5.41, 5.74) is 10.8. The summed E-state index contributed by atoms with van der Waals surface area (Å²) in [6, 6.07) is 7.62. The molecule has 1 aromatic rings. The molecule has 1 atom stereocenters. The highest BCUT2D eigenvalue weighted by Gasteiger charge is 2.27. The average molecular weight is 224 g/mol. The molecule has 0 fully saturated rings. The van der Waals surface area contributed by atoms with E-state index in [1.807, 2.05) is 49.2 Å². The van der Waals surface area contributed by atoms with Crippen molar-refractivity contribution in [3.8, 4) is 0 Å². The summed E-state index contributed by atoms with van der Waals surface area (Å²) in [5, 5.41) is 2.69. The predicted octanol–water partition coefficient (Wildman–Crippen LogP) is 2.24. The minimum absolute atomic E-state index is 0.482. The molecular formula is C11H14ClN3. The molecule has 1 aliphatic heterocycles. The summed E-state index contributed by atoms with van der Waals surface area (Å²) >= 11 is 5.83. The van der Waals surface area contributed by atoms with E-state index in [1.165, 1.54) is 0 Å². The maximum Gasteiger partial charge on any atom is 0.102 e. The van der Waals surface area contributed by atoms with Gasteiger partial charge in [0.2, 0.25) is 0 Å². The van der Waals surface area contributed by atoms with Gasteiger partial charge in [-0.25, -0.2) is 5.43 Å². The summed E-state index contributed by atoms with van der Waals surface area (Å²) in [7, 11) is 0. The highest BCUT2D eigenvalue weighted by atomic mass is 35.5. The lowest BCUT2D eigenvalue weighted by molar-refractivity contribution is 0.485. The molecule has 0 saturated carbocycles. The lowest BCUT2D eigenvalue weighted by atomic mass is 10.2. The van der Waals surface area contributed by atoms with E-state index in [2.05, 4.69) is 5.43 Å². The topological polar surface area (TPSA) is 41.3 Å². The van der Waals surface area contributed by atoms with E-state index in [0.29, 0.717) is 0 Å². The van der Waals surface area contributed by atoms with Crippen molar-refractivity contribution in [3.05, 3.63) is 41.1 Å². The third-order valence-corrected chi connectivity index (χ3v) is 2.55. The van der Waals surface area contributed by atoms with E-state index in [4.69, 9.17) is 17.3 Å². The van der Waals surface area contributed by atoms with Crippen LogP contribution >= 0.6 is 11.6 Å². The van der Waals surface area contributed by atoms with Crippen molar-refractivity contribution in [1.82, 2.24) is 5.43 Å². The maximum absolute atomic E-state index is 5.97. The number of nitrogens with one attached hydrogen (secondary N) is 1. The molecule has 1 heterocycles. The van der Waals surface area contributed by atoms with Gasteiger partial charge in [-0.05, 0) is 44.2 Å². The first-order valence-corrected chi connectivity index (χ1v) is 5.18. The summed E-state index contributed by atoms with van der Waals surface area (Å²) in [6.45, 7) is 3.94. The molecule has 3 nitrogen and oxygen atoms in total. The molecule has 0 bridgehead atoms. The van der Waals surface area contributed by atoms with Crippen molar-refractivity contribution < 1.29 is 0 Å². The van der Waals surface area contributed by atoms with E-state index >= 15 is 0 Å². The minimum atomic E-state index is -0.482. The van der Waals surface area contributed by atoms with Gasteiger partial charge in [-0.3, -0.25) is 5.01 Å². The van der Waals surface area contributed by atoms with Crippen molar-refractivity contribution in [2.45, 2.75) is 19.5 Å². The van der Waals surface area contributed by atoms with Gasteiger partial charge in [0.1, 0.15) is 5.66 Å². The van der Waals surface area contributed by atoms with Gasteiger partial charge in [0.05, 0.1) is 5.69 Å². The van der Waals surface area contributed by atoms with E-state index < -0.39 is 5.66 Å². The molecular weight excluding hydrogens is 210 g/mol. The molecule has 0 radical (unpaired) electrons. The number of benzene rings is 1. The van der Waals surface area contributed by atoms with Crippen molar-refractivity contribution in [1.29, 1.82) is 0 Å². The molecule has 0 spiro atoms. The van der Waals surface area contributed by atoms with Crippen LogP contribution in [0.1, 0.15) is 13.8 Å². The Hall–Kier alpha value is -1.03. The van der Waals surface area contributed by atoms with E-state index in [9.17, 15) is 0 Å². The standard InChI is InChI=1S/C11H14ClN3/c1-8-7-11(2,13)14-15(8)10-5-3-9(12)4-6-10/h3-7,14H,13H2,1-2H3. The van der Waals surface area contributed by atoms with Gasteiger partial charge in [0, 0.05) is 10.7 Å². The fourth-order valence-electron chi connectivity index (χ4n) is 1.72. The molecule has 0 amide bonds. The lowest BCUT2D eigenvalue weighted by Gasteiger charge is -2.25. The molecule has 80 valence electrons. The molecule has 2 rings (SSSR count). The first-order chi connectivity index (χ1) is 6.98. The monoisotopic (exact) mass is 223 g/mol. The molecule has 1 aromatic carbocycles. The number of nitrogens with zero attached hydrogens (tertiary/aromatic N) is 1. The second-order valence-corrected chi connectivity index (χ2v) is 4.43. The van der Waals surface area contributed by atoms with E-state index in [1.54, 1.807) is 0 Å². The van der Waals surface area contributed by atoms with Gasteiger partial charge >= 0.3 is 0 Å². The van der Waals surface area contributed by atoms with Gasteiger partial charge in [-0.1, -0.05) is 11.6 Å². The number of hydrogen-bond acceptors (Lipinski definition) is 3. The number of halogens is 1. The fraction of sp³-hybridized carbons (Fsp3) is 0.273. The number of anilines is 1. The van der Waals surface area contributed by atoms with Crippen molar-refractivity contribution >= 4 is 17.3 Å². The fourth-order valence-corrected chi connectivity index (χ4v) is 1.84. The molecule has 4 heteroatoms. The van der Waals surface area contributed by atoms with Crippen LogP contribution < -0.4 is 16.2 Å². The lowest BCUT2D eigenvalue weighted by Crippen LogP contribution is -2.51. The Morgan fingerprint density at radius 1 is 1.33 bits per heavy atom. The number of hydrogen-bond donors (Lipinski definition) is 2. The average Bonchev–Trinajstić information content (AvgIpc) is 2.41. The zero-order valence-corrected chi connectivity index (χ0v) is 9.55. The van der Waals surface area contributed by atoms with Gasteiger partial charge in [-0.15, -0.1) is 0 Å². The molecule has 1 unspecified atom stereocenters. The number of rotatable bonds is 1. The quantitative estimate of drug-likeness (QED) is 0.767. The van der Waals surface area contributed by atoms with Crippen LogP contribution in [-0.2, 0) is 0 Å². The first-order valence-electron chi connectivity index (χ1n) is 4.80. The molecule has 0 aliphatic carbocycles. The highest BCUT2D eigenvalue weighted by Crippen LogP contribution is 2.25. The maximum atomic E-state index is 5.97. The minimum Gasteiger partial charge on any atom is -0.309 e. The molecule has 0 aromatic heterocycles. The smallest absolute Gasteiger partial charge is 0.102 e. The van der Waals surface area contributed by atoms with Crippen LogP contribution in [0.4, 0.5) is 5.69 Å². The third-order valence-electron chi connectivity index (χ3n) is 2.30. The number of hydrazine groups is 1. The van der Waals surface area contributed by atoms with Crippen LogP contribution in [0.5, 0.6) is 0 Å². The third kappa shape index (κ3) is 2.15. The Morgan fingerprint density at radius 3 is 2.40 bits per heavy atom. The normalized spacial score (nSPS) is 25.6. The van der Waals surface area contributed by atoms with Gasteiger partial charge in [0.25, 0.3) is 0 Å². The summed E-state index contributed by atoms with van der Waals surface area (Å²) < 4.78 is 0. The van der Waals surface area contributed by atoms with Crippen LogP contribution in [0.15, 0.2) is 36.0 Å². The Morgan fingerprint density at radius 2 is 1.93 bits per heavy atom. The SMILES string of the molecule is CC1=CC(C)(N)NN1c1ccc(Cl)cc1. The molecule has 15 heavy (non-hydrogen) atoms. The van der Waals surface area contributed by atoms with Crippen molar-refractivity contribution in [2.75, 3.05) is 5.01 Å². The predicted molar refractivity (Wildman–Crippen MR) is 63.4 cm³/mol. The van der Waals surface area contributed by atoms with Gasteiger partial charge < -0.3 is 5.73 Å². The van der Waals surface area contributed by atoms with Gasteiger partial charge in [0.15, 0.2) is 0 Å². The Kier molecular flexibility index (Phi) is 2.46. The first kappa shape index (κ1) is 10.5. The van der Waals surface area contributed by atoms with E-state index in [0.717, 1.165) is 16.4 Å². The Balaban J connectivity index is 2.27.